The van der Waals surface area contributed by atoms with E-state index in [1.165, 1.54) is 22.2 Å². The van der Waals surface area contributed by atoms with Crippen molar-refractivity contribution in [2.75, 3.05) is 0 Å². The first kappa shape index (κ1) is 11.6. The van der Waals surface area contributed by atoms with Gasteiger partial charge in [-0.2, -0.15) is 5.10 Å². The molecule has 2 rings (SSSR count). The third kappa shape index (κ3) is 2.26. The van der Waals surface area contributed by atoms with Crippen LogP contribution in [-0.4, -0.2) is 14.8 Å². The van der Waals surface area contributed by atoms with Gasteiger partial charge in [0.05, 0.1) is 22.8 Å². The van der Waals surface area contributed by atoms with E-state index in [0.29, 0.717) is 6.54 Å². The largest absolute Gasteiger partial charge is 0.287 e. The molecule has 2 heterocycles. The summed E-state index contributed by atoms with van der Waals surface area (Å²) in [4.78, 5) is 16.7. The van der Waals surface area contributed by atoms with E-state index in [1.807, 2.05) is 6.92 Å². The molecule has 0 aromatic carbocycles. The van der Waals surface area contributed by atoms with Gasteiger partial charge in [0, 0.05) is 11.1 Å². The van der Waals surface area contributed by atoms with Crippen molar-refractivity contribution < 1.29 is 0 Å². The van der Waals surface area contributed by atoms with E-state index in [9.17, 15) is 4.79 Å². The summed E-state index contributed by atoms with van der Waals surface area (Å²) in [6, 6.07) is 0. The summed E-state index contributed by atoms with van der Waals surface area (Å²) in [5, 5.41) is 5.03. The van der Waals surface area contributed by atoms with Crippen molar-refractivity contribution in [1.82, 2.24) is 14.8 Å². The van der Waals surface area contributed by atoms with Gasteiger partial charge in [-0.05, 0) is 6.92 Å². The fourth-order valence-corrected chi connectivity index (χ4v) is 2.23. The number of rotatable bonds is 2. The number of aromatic nitrogens is 3. The normalized spacial score (nSPS) is 10.7. The molecule has 0 aliphatic carbocycles. The molecule has 0 saturated heterocycles. The maximum Gasteiger partial charge on any atom is 0.287 e. The summed E-state index contributed by atoms with van der Waals surface area (Å²) in [5.74, 6) is 0. The maximum absolute atomic E-state index is 11.7. The fourth-order valence-electron chi connectivity index (χ4n) is 1.18. The van der Waals surface area contributed by atoms with Crippen molar-refractivity contribution in [3.63, 3.8) is 0 Å². The third-order valence-corrected chi connectivity index (χ3v) is 3.56. The van der Waals surface area contributed by atoms with Gasteiger partial charge >= 0.3 is 0 Å². The van der Waals surface area contributed by atoms with E-state index in [2.05, 4.69) is 10.1 Å². The summed E-state index contributed by atoms with van der Waals surface area (Å²) >= 11 is 12.9. The third-order valence-electron chi connectivity index (χ3n) is 1.92. The monoisotopic (exact) mass is 275 g/mol. The Bertz CT molecular complexity index is 578. The van der Waals surface area contributed by atoms with E-state index >= 15 is 0 Å². The van der Waals surface area contributed by atoms with Crippen molar-refractivity contribution >= 4 is 34.5 Å². The Morgan fingerprint density at radius 3 is 2.81 bits per heavy atom. The first-order chi connectivity index (χ1) is 7.58. The minimum atomic E-state index is -0.389. The van der Waals surface area contributed by atoms with Gasteiger partial charge in [0.15, 0.2) is 0 Å². The molecule has 0 saturated carbocycles. The molecule has 0 bridgehead atoms. The van der Waals surface area contributed by atoms with Crippen molar-refractivity contribution in [1.29, 1.82) is 0 Å². The first-order valence-electron chi connectivity index (χ1n) is 4.40. The average Bonchev–Trinajstić information content (AvgIpc) is 2.65. The van der Waals surface area contributed by atoms with Crippen LogP contribution in [0.1, 0.15) is 9.88 Å². The second-order valence-electron chi connectivity index (χ2n) is 3.11. The molecule has 0 aliphatic rings. The van der Waals surface area contributed by atoms with E-state index < -0.39 is 0 Å². The predicted molar refractivity (Wildman–Crippen MR) is 64.5 cm³/mol. The molecular formula is C9H7Cl2N3OS. The van der Waals surface area contributed by atoms with Crippen molar-refractivity contribution in [2.45, 2.75) is 13.5 Å². The molecule has 2 aromatic heterocycles. The van der Waals surface area contributed by atoms with Gasteiger partial charge in [-0.1, -0.05) is 23.2 Å². The minimum Gasteiger partial charge on any atom is -0.266 e. The number of thiazole rings is 1. The zero-order valence-electron chi connectivity index (χ0n) is 8.28. The number of aryl methyl sites for hydroxylation is 1. The lowest BCUT2D eigenvalue weighted by Crippen LogP contribution is -2.23. The lowest BCUT2D eigenvalue weighted by atomic mass is 10.5. The van der Waals surface area contributed by atoms with E-state index in [1.54, 1.807) is 6.20 Å². The highest BCUT2D eigenvalue weighted by Gasteiger charge is 2.08. The molecule has 0 fully saturated rings. The molecule has 84 valence electrons. The number of hydrogen-bond acceptors (Lipinski definition) is 4. The first-order valence-corrected chi connectivity index (χ1v) is 5.97. The zero-order chi connectivity index (χ0) is 11.7. The van der Waals surface area contributed by atoms with Crippen LogP contribution in [0.15, 0.2) is 17.2 Å². The van der Waals surface area contributed by atoms with Crippen LogP contribution >= 0.6 is 34.5 Å². The van der Waals surface area contributed by atoms with Gasteiger partial charge in [-0.15, -0.1) is 11.3 Å². The fraction of sp³-hybridized carbons (Fsp3) is 0.222. The Morgan fingerprint density at radius 1 is 1.44 bits per heavy atom. The standard InChI is InChI=1S/C9H7Cl2N3OS/c1-5-12-2-6(16-5)4-14-9(15)8(11)7(10)3-13-14/h2-3H,4H2,1H3. The van der Waals surface area contributed by atoms with Crippen molar-refractivity contribution in [3.05, 3.63) is 42.7 Å². The summed E-state index contributed by atoms with van der Waals surface area (Å²) in [6.45, 7) is 2.26. The molecule has 0 spiro atoms. The van der Waals surface area contributed by atoms with Crippen LogP contribution < -0.4 is 5.56 Å². The molecule has 0 atom stereocenters. The molecule has 0 amide bonds. The highest BCUT2D eigenvalue weighted by Crippen LogP contribution is 2.16. The number of hydrogen-bond donors (Lipinski definition) is 0. The average molecular weight is 276 g/mol. The van der Waals surface area contributed by atoms with Gasteiger partial charge in [-0.25, -0.2) is 9.67 Å². The molecule has 0 unspecified atom stereocenters. The highest BCUT2D eigenvalue weighted by atomic mass is 35.5. The predicted octanol–water partition coefficient (Wildman–Crippen LogP) is 2.36. The van der Waals surface area contributed by atoms with Crippen LogP contribution in [0.5, 0.6) is 0 Å². The Balaban J connectivity index is 2.36. The summed E-state index contributed by atoms with van der Waals surface area (Å²) < 4.78 is 1.27. The number of nitrogens with zero attached hydrogens (tertiary/aromatic N) is 3. The van der Waals surface area contributed by atoms with Crippen LogP contribution in [0.4, 0.5) is 0 Å². The molecule has 4 nitrogen and oxygen atoms in total. The van der Waals surface area contributed by atoms with Gasteiger partial charge < -0.3 is 0 Å². The molecular weight excluding hydrogens is 269 g/mol. The minimum absolute atomic E-state index is 0.00194. The van der Waals surface area contributed by atoms with E-state index in [4.69, 9.17) is 23.2 Å². The van der Waals surface area contributed by atoms with Gasteiger partial charge in [0.25, 0.3) is 5.56 Å². The quantitative estimate of drug-likeness (QED) is 0.846. The van der Waals surface area contributed by atoms with Crippen molar-refractivity contribution in [3.8, 4) is 0 Å². The van der Waals surface area contributed by atoms with Crippen LogP contribution in [0, 0.1) is 6.92 Å². The summed E-state index contributed by atoms with van der Waals surface area (Å²) in [7, 11) is 0. The van der Waals surface area contributed by atoms with E-state index in [0.717, 1.165) is 9.88 Å². The van der Waals surface area contributed by atoms with Crippen LogP contribution in [0.25, 0.3) is 0 Å². The van der Waals surface area contributed by atoms with Gasteiger partial charge in [-0.3, -0.25) is 4.79 Å². The second kappa shape index (κ2) is 4.53. The molecule has 0 N–H and O–H groups in total. The molecule has 0 aliphatic heterocycles. The van der Waals surface area contributed by atoms with Crippen molar-refractivity contribution in [2.24, 2.45) is 0 Å². The zero-order valence-corrected chi connectivity index (χ0v) is 10.6. The summed E-state index contributed by atoms with van der Waals surface area (Å²) in [6.07, 6.45) is 3.08. The summed E-state index contributed by atoms with van der Waals surface area (Å²) in [5.41, 5.74) is -0.389. The lowest BCUT2D eigenvalue weighted by Gasteiger charge is -2.02. The SMILES string of the molecule is Cc1ncc(Cn2ncc(Cl)c(Cl)c2=O)s1. The Kier molecular flexibility index (Phi) is 3.28. The van der Waals surface area contributed by atoms with Crippen LogP contribution in [-0.2, 0) is 6.54 Å². The number of halogens is 2. The molecule has 16 heavy (non-hydrogen) atoms. The van der Waals surface area contributed by atoms with Gasteiger partial charge in [0.1, 0.15) is 5.02 Å². The molecule has 0 radical (unpaired) electrons. The van der Waals surface area contributed by atoms with Gasteiger partial charge in [0.2, 0.25) is 0 Å². The molecule has 7 heteroatoms. The van der Waals surface area contributed by atoms with Crippen LogP contribution in [0.3, 0.4) is 0 Å². The maximum atomic E-state index is 11.7. The Morgan fingerprint density at radius 2 is 2.19 bits per heavy atom. The molecule has 2 aromatic rings. The smallest absolute Gasteiger partial charge is 0.266 e. The highest BCUT2D eigenvalue weighted by molar-refractivity contribution is 7.11. The lowest BCUT2D eigenvalue weighted by molar-refractivity contribution is 0.645. The van der Waals surface area contributed by atoms with E-state index in [-0.39, 0.29) is 15.6 Å². The Hall–Kier alpha value is -0.910. The van der Waals surface area contributed by atoms with Crippen LogP contribution in [0.2, 0.25) is 10.0 Å². The Labute approximate surface area is 105 Å². The topological polar surface area (TPSA) is 47.8 Å². The second-order valence-corrected chi connectivity index (χ2v) is 5.22.